The standard InChI is InChI=1S/C24H16BrF4NO3/c25-16-9-6-13(7-10-16)21-20(23(32)33)17-3-1-2-4-18(17)22(31)30(21)12-14-5-8-15(11-19(14)26)24(27,28)29/h1-11,20-21H,12H2,(H,32,33). The molecule has 0 saturated heterocycles. The molecule has 4 nitrogen and oxygen atoms in total. The van der Waals surface area contributed by atoms with E-state index in [1.165, 1.54) is 11.0 Å². The fourth-order valence-electron chi connectivity index (χ4n) is 4.10. The fourth-order valence-corrected chi connectivity index (χ4v) is 4.36. The number of nitrogens with zero attached hydrogens (tertiary/aromatic N) is 1. The highest BCUT2D eigenvalue weighted by Gasteiger charge is 2.44. The van der Waals surface area contributed by atoms with Crippen LogP contribution in [0.25, 0.3) is 0 Å². The molecule has 1 amide bonds. The summed E-state index contributed by atoms with van der Waals surface area (Å²) in [5.74, 6) is -3.99. The number of carboxylic acids is 1. The lowest BCUT2D eigenvalue weighted by molar-refractivity contribution is -0.141. The monoisotopic (exact) mass is 521 g/mol. The van der Waals surface area contributed by atoms with Crippen LogP contribution in [0.4, 0.5) is 17.6 Å². The zero-order chi connectivity index (χ0) is 23.9. The number of rotatable bonds is 4. The summed E-state index contributed by atoms with van der Waals surface area (Å²) in [6.07, 6.45) is -4.71. The van der Waals surface area contributed by atoms with Crippen molar-refractivity contribution in [3.63, 3.8) is 0 Å². The Hall–Kier alpha value is -3.20. The molecule has 170 valence electrons. The number of halogens is 5. The van der Waals surface area contributed by atoms with E-state index in [1.54, 1.807) is 42.5 Å². The van der Waals surface area contributed by atoms with Crippen molar-refractivity contribution in [3.8, 4) is 0 Å². The van der Waals surface area contributed by atoms with Crippen LogP contribution >= 0.6 is 15.9 Å². The van der Waals surface area contributed by atoms with Crippen LogP contribution in [0, 0.1) is 5.82 Å². The van der Waals surface area contributed by atoms with Crippen molar-refractivity contribution in [1.82, 2.24) is 4.90 Å². The molecule has 1 N–H and O–H groups in total. The molecular formula is C24H16BrF4NO3. The number of hydrogen-bond acceptors (Lipinski definition) is 2. The second-order valence-corrected chi connectivity index (χ2v) is 8.55. The van der Waals surface area contributed by atoms with Gasteiger partial charge >= 0.3 is 12.1 Å². The van der Waals surface area contributed by atoms with Crippen LogP contribution < -0.4 is 0 Å². The van der Waals surface area contributed by atoms with Crippen LogP contribution in [0.5, 0.6) is 0 Å². The molecule has 0 spiro atoms. The Morgan fingerprint density at radius 1 is 1.03 bits per heavy atom. The average Bonchev–Trinajstić information content (AvgIpc) is 2.76. The Bertz CT molecular complexity index is 1230. The van der Waals surface area contributed by atoms with Gasteiger partial charge in [0.1, 0.15) is 11.7 Å². The first kappa shape index (κ1) is 23.0. The second-order valence-electron chi connectivity index (χ2n) is 7.64. The highest BCUT2D eigenvalue weighted by atomic mass is 79.9. The van der Waals surface area contributed by atoms with Gasteiger partial charge in [-0.3, -0.25) is 9.59 Å². The number of alkyl halides is 3. The minimum absolute atomic E-state index is 0.151. The number of fused-ring (bicyclic) bond motifs is 1. The topological polar surface area (TPSA) is 57.6 Å². The zero-order valence-electron chi connectivity index (χ0n) is 16.8. The van der Waals surface area contributed by atoms with Gasteiger partial charge in [0.15, 0.2) is 0 Å². The molecule has 3 aromatic carbocycles. The first-order chi connectivity index (χ1) is 15.6. The Kier molecular flexibility index (Phi) is 6.00. The first-order valence-electron chi connectivity index (χ1n) is 9.81. The van der Waals surface area contributed by atoms with Gasteiger partial charge < -0.3 is 10.0 Å². The summed E-state index contributed by atoms with van der Waals surface area (Å²) in [5.41, 5.74) is -0.313. The lowest BCUT2D eigenvalue weighted by Crippen LogP contribution is -2.44. The van der Waals surface area contributed by atoms with E-state index in [9.17, 15) is 32.3 Å². The van der Waals surface area contributed by atoms with E-state index >= 15 is 0 Å². The predicted molar refractivity (Wildman–Crippen MR) is 115 cm³/mol. The van der Waals surface area contributed by atoms with Crippen molar-refractivity contribution in [3.05, 3.63) is 105 Å². The number of carbonyl (C=O) groups excluding carboxylic acids is 1. The van der Waals surface area contributed by atoms with Gasteiger partial charge in [-0.1, -0.05) is 52.3 Å². The van der Waals surface area contributed by atoms with E-state index in [-0.39, 0.29) is 11.1 Å². The lowest BCUT2D eigenvalue weighted by atomic mass is 9.79. The minimum atomic E-state index is -4.71. The van der Waals surface area contributed by atoms with Gasteiger partial charge in [-0.15, -0.1) is 0 Å². The Labute approximate surface area is 194 Å². The van der Waals surface area contributed by atoms with Crippen molar-refractivity contribution < 1.29 is 32.3 Å². The van der Waals surface area contributed by atoms with E-state index in [1.807, 2.05) is 0 Å². The van der Waals surface area contributed by atoms with Crippen molar-refractivity contribution in [1.29, 1.82) is 0 Å². The van der Waals surface area contributed by atoms with E-state index in [4.69, 9.17) is 0 Å². The Balaban J connectivity index is 1.84. The molecule has 2 unspecified atom stereocenters. The van der Waals surface area contributed by atoms with E-state index in [0.717, 1.165) is 16.6 Å². The molecular weight excluding hydrogens is 506 g/mol. The number of carbonyl (C=O) groups is 2. The fraction of sp³-hybridized carbons (Fsp3) is 0.167. The normalized spacial score (nSPS) is 18.2. The van der Waals surface area contributed by atoms with Crippen LogP contribution in [0.15, 0.2) is 71.2 Å². The maximum Gasteiger partial charge on any atom is 0.416 e. The molecule has 1 aliphatic heterocycles. The van der Waals surface area contributed by atoms with Crippen LogP contribution in [0.3, 0.4) is 0 Å². The van der Waals surface area contributed by atoms with Gasteiger partial charge in [0.05, 0.1) is 11.6 Å². The summed E-state index contributed by atoms with van der Waals surface area (Å²) in [6, 6.07) is 14.1. The average molecular weight is 522 g/mol. The SMILES string of the molecule is O=C(O)C1c2ccccc2C(=O)N(Cc2ccc(C(F)(F)F)cc2F)C1c1ccc(Br)cc1. The maximum absolute atomic E-state index is 14.6. The number of aliphatic carboxylic acids is 1. The van der Waals surface area contributed by atoms with Gasteiger partial charge in [0.2, 0.25) is 0 Å². The summed E-state index contributed by atoms with van der Waals surface area (Å²) in [7, 11) is 0. The quantitative estimate of drug-likeness (QED) is 0.417. The van der Waals surface area contributed by atoms with E-state index < -0.39 is 47.9 Å². The van der Waals surface area contributed by atoms with Crippen LogP contribution in [-0.2, 0) is 17.5 Å². The molecule has 0 aliphatic carbocycles. The van der Waals surface area contributed by atoms with Crippen LogP contribution in [0.2, 0.25) is 0 Å². The summed E-state index contributed by atoms with van der Waals surface area (Å²) in [6.45, 7) is -0.401. The zero-order valence-corrected chi connectivity index (χ0v) is 18.4. The van der Waals surface area contributed by atoms with Crippen LogP contribution in [-0.4, -0.2) is 21.9 Å². The number of amides is 1. The molecule has 0 fully saturated rings. The van der Waals surface area contributed by atoms with Gasteiger partial charge in [-0.05, 0) is 41.5 Å². The Morgan fingerprint density at radius 3 is 2.30 bits per heavy atom. The largest absolute Gasteiger partial charge is 0.481 e. The summed E-state index contributed by atoms with van der Waals surface area (Å²) >= 11 is 3.31. The van der Waals surface area contributed by atoms with Crippen molar-refractivity contribution in [2.24, 2.45) is 0 Å². The molecule has 0 bridgehead atoms. The minimum Gasteiger partial charge on any atom is -0.481 e. The first-order valence-corrected chi connectivity index (χ1v) is 10.6. The van der Waals surface area contributed by atoms with Gasteiger partial charge in [0, 0.05) is 22.1 Å². The van der Waals surface area contributed by atoms with Crippen molar-refractivity contribution >= 4 is 27.8 Å². The second kappa shape index (κ2) is 8.62. The number of benzene rings is 3. The lowest BCUT2D eigenvalue weighted by Gasteiger charge is -2.41. The smallest absolute Gasteiger partial charge is 0.416 e. The third kappa shape index (κ3) is 4.37. The van der Waals surface area contributed by atoms with Crippen LogP contribution in [0.1, 0.15) is 44.6 Å². The predicted octanol–water partition coefficient (Wildman–Crippen LogP) is 6.17. The third-order valence-corrected chi connectivity index (χ3v) is 6.17. The number of hydrogen-bond donors (Lipinski definition) is 1. The van der Waals surface area contributed by atoms with Crippen molar-refractivity contribution in [2.75, 3.05) is 0 Å². The molecule has 33 heavy (non-hydrogen) atoms. The molecule has 1 aliphatic rings. The van der Waals surface area contributed by atoms with Crippen molar-refractivity contribution in [2.45, 2.75) is 24.7 Å². The Morgan fingerprint density at radius 2 is 1.70 bits per heavy atom. The summed E-state index contributed by atoms with van der Waals surface area (Å²) < 4.78 is 54.2. The molecule has 4 rings (SSSR count). The third-order valence-electron chi connectivity index (χ3n) is 5.64. The summed E-state index contributed by atoms with van der Waals surface area (Å²) in [5, 5.41) is 10.1. The van der Waals surface area contributed by atoms with E-state index in [2.05, 4.69) is 15.9 Å². The molecule has 1 heterocycles. The van der Waals surface area contributed by atoms with Gasteiger partial charge in [-0.2, -0.15) is 13.2 Å². The van der Waals surface area contributed by atoms with Gasteiger partial charge in [-0.25, -0.2) is 4.39 Å². The van der Waals surface area contributed by atoms with Gasteiger partial charge in [0.25, 0.3) is 5.91 Å². The summed E-state index contributed by atoms with van der Waals surface area (Å²) in [4.78, 5) is 27.0. The molecule has 0 saturated carbocycles. The maximum atomic E-state index is 14.6. The molecule has 0 aromatic heterocycles. The number of carboxylic acid groups (broad SMARTS) is 1. The molecule has 2 atom stereocenters. The molecule has 0 radical (unpaired) electrons. The van der Waals surface area contributed by atoms with E-state index in [0.29, 0.717) is 17.2 Å². The molecule has 9 heteroatoms. The highest BCUT2D eigenvalue weighted by molar-refractivity contribution is 9.10. The molecule has 3 aromatic rings. The highest BCUT2D eigenvalue weighted by Crippen LogP contribution is 2.44.